The molecule has 2 nitrogen and oxygen atoms in total. The van der Waals surface area contributed by atoms with E-state index < -0.39 is 0 Å². The van der Waals surface area contributed by atoms with Crippen LogP contribution in [0.15, 0.2) is 24.3 Å². The van der Waals surface area contributed by atoms with E-state index in [9.17, 15) is 0 Å². The molecule has 3 heteroatoms. The smallest absolute Gasteiger partial charge is 0.0702 e. The Morgan fingerprint density at radius 2 is 2.39 bits per heavy atom. The Hall–Kier alpha value is -0.570. The van der Waals surface area contributed by atoms with Gasteiger partial charge in [0.05, 0.1) is 11.7 Å². The molecule has 0 spiro atoms. The summed E-state index contributed by atoms with van der Waals surface area (Å²) < 4.78 is 6.31. The molecule has 0 saturated carbocycles. The third kappa shape index (κ3) is 2.56. The molecule has 0 aromatic heterocycles. The van der Waals surface area contributed by atoms with Gasteiger partial charge in [-0.2, -0.15) is 0 Å². The summed E-state index contributed by atoms with van der Waals surface area (Å²) in [6.07, 6.45) is 3.71. The van der Waals surface area contributed by atoms with Crippen LogP contribution in [-0.4, -0.2) is 24.8 Å². The van der Waals surface area contributed by atoms with Gasteiger partial charge in [0.25, 0.3) is 0 Å². The van der Waals surface area contributed by atoms with Crippen molar-refractivity contribution in [1.82, 2.24) is 5.32 Å². The van der Waals surface area contributed by atoms with E-state index in [0.717, 1.165) is 37.4 Å². The molecule has 1 N–H and O–H groups in total. The van der Waals surface area contributed by atoms with E-state index in [1.165, 1.54) is 5.56 Å². The van der Waals surface area contributed by atoms with Crippen LogP contribution in [0.1, 0.15) is 25.3 Å². The van der Waals surface area contributed by atoms with Crippen molar-refractivity contribution in [3.8, 4) is 0 Å². The van der Waals surface area contributed by atoms with Crippen LogP contribution < -0.4 is 5.32 Å². The monoisotopic (exact) mass is 265 g/mol. The van der Waals surface area contributed by atoms with Gasteiger partial charge in [-0.1, -0.05) is 23.7 Å². The second kappa shape index (κ2) is 4.84. The number of hydrogen-bond donors (Lipinski definition) is 1. The van der Waals surface area contributed by atoms with Crippen LogP contribution in [-0.2, 0) is 11.2 Å². The lowest BCUT2D eigenvalue weighted by Crippen LogP contribution is -2.37. The maximum absolute atomic E-state index is 6.31. The summed E-state index contributed by atoms with van der Waals surface area (Å²) in [5.74, 6) is 0.683. The van der Waals surface area contributed by atoms with E-state index in [4.69, 9.17) is 16.3 Å². The van der Waals surface area contributed by atoms with Crippen molar-refractivity contribution >= 4 is 11.6 Å². The molecule has 2 fully saturated rings. The molecular weight excluding hydrogens is 246 g/mol. The topological polar surface area (TPSA) is 21.3 Å². The minimum Gasteiger partial charge on any atom is -0.371 e. The maximum atomic E-state index is 6.31. The van der Waals surface area contributed by atoms with Gasteiger partial charge in [-0.25, -0.2) is 0 Å². The summed E-state index contributed by atoms with van der Waals surface area (Å²) in [6, 6.07) is 8.13. The zero-order valence-electron chi connectivity index (χ0n) is 10.8. The molecule has 18 heavy (non-hydrogen) atoms. The minimum absolute atomic E-state index is 0.0218. The van der Waals surface area contributed by atoms with E-state index in [1.54, 1.807) is 0 Å². The summed E-state index contributed by atoms with van der Waals surface area (Å²) in [7, 11) is 0. The lowest BCUT2D eigenvalue weighted by molar-refractivity contribution is -0.0389. The molecule has 3 rings (SSSR count). The first kappa shape index (κ1) is 12.5. The normalized spacial score (nSPS) is 35.4. The number of hydrogen-bond acceptors (Lipinski definition) is 2. The summed E-state index contributed by atoms with van der Waals surface area (Å²) in [6.45, 7) is 4.44. The minimum atomic E-state index is -0.0218. The van der Waals surface area contributed by atoms with Gasteiger partial charge in [0.1, 0.15) is 0 Å². The number of nitrogens with one attached hydrogen (secondary N) is 1. The van der Waals surface area contributed by atoms with Crippen molar-refractivity contribution in [2.24, 2.45) is 5.92 Å². The average Bonchev–Trinajstić information content (AvgIpc) is 2.64. The highest BCUT2D eigenvalue weighted by Gasteiger charge is 2.43. The van der Waals surface area contributed by atoms with Crippen molar-refractivity contribution in [3.63, 3.8) is 0 Å². The van der Waals surface area contributed by atoms with E-state index in [1.807, 2.05) is 12.1 Å². The molecule has 0 amide bonds. The second-order valence-electron chi connectivity index (χ2n) is 5.87. The van der Waals surface area contributed by atoms with Crippen LogP contribution in [0, 0.1) is 5.92 Å². The molecule has 0 radical (unpaired) electrons. The molecular formula is C15H20ClNO. The van der Waals surface area contributed by atoms with Crippen molar-refractivity contribution in [1.29, 1.82) is 0 Å². The molecule has 1 aromatic rings. The molecule has 2 saturated heterocycles. The van der Waals surface area contributed by atoms with E-state index in [2.05, 4.69) is 24.4 Å². The number of fused-ring (bicyclic) bond motifs is 1. The third-order valence-corrected chi connectivity index (χ3v) is 4.37. The Bertz CT molecular complexity index is 420. The summed E-state index contributed by atoms with van der Waals surface area (Å²) >= 11 is 6.05. The van der Waals surface area contributed by atoms with Crippen molar-refractivity contribution < 1.29 is 4.74 Å². The number of benzene rings is 1. The van der Waals surface area contributed by atoms with Crippen LogP contribution in [0.4, 0.5) is 0 Å². The zero-order chi connectivity index (χ0) is 12.6. The third-order valence-electron chi connectivity index (χ3n) is 4.13. The lowest BCUT2D eigenvalue weighted by atomic mass is 9.86. The highest BCUT2D eigenvalue weighted by Crippen LogP contribution is 2.39. The first-order chi connectivity index (χ1) is 8.65. The molecule has 2 aliphatic heterocycles. The molecule has 0 unspecified atom stereocenters. The number of piperidine rings is 1. The first-order valence-electron chi connectivity index (χ1n) is 6.78. The average molecular weight is 266 g/mol. The SMILES string of the molecule is C[C@]1(Cc2cccc(Cl)c2)C[C@@H]2CNCC[C@@H]2O1. The predicted octanol–water partition coefficient (Wildman–Crippen LogP) is 3.04. The highest BCUT2D eigenvalue weighted by molar-refractivity contribution is 6.30. The fraction of sp³-hybridized carbons (Fsp3) is 0.600. The summed E-state index contributed by atoms with van der Waals surface area (Å²) in [4.78, 5) is 0. The zero-order valence-corrected chi connectivity index (χ0v) is 11.5. The van der Waals surface area contributed by atoms with Crippen LogP contribution in [0.2, 0.25) is 5.02 Å². The molecule has 2 heterocycles. The van der Waals surface area contributed by atoms with Gasteiger partial charge in [0, 0.05) is 23.9 Å². The lowest BCUT2D eigenvalue weighted by Gasteiger charge is -2.26. The summed E-state index contributed by atoms with van der Waals surface area (Å²) in [5, 5.41) is 4.28. The molecule has 0 bridgehead atoms. The molecule has 98 valence electrons. The molecule has 2 aliphatic rings. The first-order valence-corrected chi connectivity index (χ1v) is 7.15. The van der Waals surface area contributed by atoms with Gasteiger partial charge >= 0.3 is 0 Å². The van der Waals surface area contributed by atoms with Gasteiger partial charge in [0.15, 0.2) is 0 Å². The van der Waals surface area contributed by atoms with Gasteiger partial charge in [-0.15, -0.1) is 0 Å². The Balaban J connectivity index is 1.72. The largest absolute Gasteiger partial charge is 0.371 e. The van der Waals surface area contributed by atoms with Crippen LogP contribution >= 0.6 is 11.6 Å². The van der Waals surface area contributed by atoms with Gasteiger partial charge < -0.3 is 10.1 Å². The van der Waals surface area contributed by atoms with E-state index >= 15 is 0 Å². The maximum Gasteiger partial charge on any atom is 0.0702 e. The van der Waals surface area contributed by atoms with Crippen molar-refractivity contribution in [2.75, 3.05) is 13.1 Å². The summed E-state index contributed by atoms with van der Waals surface area (Å²) in [5.41, 5.74) is 1.25. The standard InChI is InChI=1S/C15H20ClNO/c1-15(8-11-3-2-4-13(16)7-11)9-12-10-17-6-5-14(12)18-15/h2-4,7,12,14,17H,5-6,8-10H2,1H3/t12-,14+,15+/m1/s1. The van der Waals surface area contributed by atoms with E-state index in [-0.39, 0.29) is 5.60 Å². The molecule has 1 aromatic carbocycles. The fourth-order valence-corrected chi connectivity index (χ4v) is 3.63. The van der Waals surface area contributed by atoms with Crippen LogP contribution in [0.25, 0.3) is 0 Å². The highest BCUT2D eigenvalue weighted by atomic mass is 35.5. The number of halogens is 1. The predicted molar refractivity (Wildman–Crippen MR) is 74.0 cm³/mol. The molecule has 0 aliphatic carbocycles. The van der Waals surface area contributed by atoms with Crippen molar-refractivity contribution in [3.05, 3.63) is 34.9 Å². The second-order valence-corrected chi connectivity index (χ2v) is 6.31. The molecule has 3 atom stereocenters. The van der Waals surface area contributed by atoms with Crippen LogP contribution in [0.3, 0.4) is 0 Å². The number of ether oxygens (including phenoxy) is 1. The quantitative estimate of drug-likeness (QED) is 0.888. The Labute approximate surface area is 114 Å². The Kier molecular flexibility index (Phi) is 3.35. The van der Waals surface area contributed by atoms with Crippen LogP contribution in [0.5, 0.6) is 0 Å². The van der Waals surface area contributed by atoms with Crippen molar-refractivity contribution in [2.45, 2.75) is 37.9 Å². The van der Waals surface area contributed by atoms with Gasteiger partial charge in [-0.05, 0) is 44.0 Å². The Morgan fingerprint density at radius 1 is 1.50 bits per heavy atom. The van der Waals surface area contributed by atoms with E-state index in [0.29, 0.717) is 12.0 Å². The van der Waals surface area contributed by atoms with Gasteiger partial charge in [-0.3, -0.25) is 0 Å². The fourth-order valence-electron chi connectivity index (χ4n) is 3.42. The Morgan fingerprint density at radius 3 is 3.17 bits per heavy atom. The van der Waals surface area contributed by atoms with Gasteiger partial charge in [0.2, 0.25) is 0 Å². The number of rotatable bonds is 2.